The van der Waals surface area contributed by atoms with Gasteiger partial charge in [-0.3, -0.25) is 14.3 Å². The number of nitrogens with zero attached hydrogens (tertiary/aromatic N) is 2. The zero-order valence-electron chi connectivity index (χ0n) is 14.9. The molecule has 8 nitrogen and oxygen atoms in total. The number of aryl methyl sites for hydroxylation is 2. The van der Waals surface area contributed by atoms with Crippen LogP contribution in [0.4, 0.5) is 10.8 Å². The first-order valence-corrected chi connectivity index (χ1v) is 11.5. The third-order valence-electron chi connectivity index (χ3n) is 5.34. The van der Waals surface area contributed by atoms with Crippen molar-refractivity contribution in [3.8, 4) is 0 Å². The first-order chi connectivity index (χ1) is 13.4. The number of carbonyl (C=O) groups excluding carboxylic acids is 2. The fraction of sp³-hybridized carbons (Fsp3) is 0.389. The zero-order valence-corrected chi connectivity index (χ0v) is 16.6. The summed E-state index contributed by atoms with van der Waals surface area (Å²) >= 11 is 1.06. The summed E-state index contributed by atoms with van der Waals surface area (Å²) in [5.74, 6) is -0.107. The molecule has 5 rings (SSSR count). The summed E-state index contributed by atoms with van der Waals surface area (Å²) in [6.45, 7) is 1.20. The Labute approximate surface area is 166 Å². The standard InChI is InChI=1S/C18H18N4O4S2/c23-14-4-3-10-8-12(9-11-5-7-22(14)15(10)11)28(25,26)21-18-20-13-2-1-6-19-17(24)16(13)27-18/h8-9H,1-7H2,(H,19,24)(H,20,21). The van der Waals surface area contributed by atoms with E-state index < -0.39 is 10.0 Å². The Bertz CT molecular complexity index is 1120. The molecule has 0 radical (unpaired) electrons. The lowest BCUT2D eigenvalue weighted by Gasteiger charge is -2.25. The molecule has 2 amide bonds. The average molecular weight is 419 g/mol. The fourth-order valence-electron chi connectivity index (χ4n) is 4.04. The van der Waals surface area contributed by atoms with Crippen molar-refractivity contribution in [1.82, 2.24) is 10.3 Å². The number of benzene rings is 1. The van der Waals surface area contributed by atoms with E-state index in [2.05, 4.69) is 15.0 Å². The molecule has 0 saturated carbocycles. The number of hydrogen-bond acceptors (Lipinski definition) is 6. The molecule has 4 heterocycles. The van der Waals surface area contributed by atoms with Gasteiger partial charge in [0.2, 0.25) is 5.91 Å². The van der Waals surface area contributed by atoms with E-state index in [0.717, 1.165) is 34.6 Å². The van der Waals surface area contributed by atoms with Crippen LogP contribution < -0.4 is 14.9 Å². The van der Waals surface area contributed by atoms with Crippen LogP contribution in [0.5, 0.6) is 0 Å². The maximum atomic E-state index is 13.0. The third kappa shape index (κ3) is 2.78. The quantitative estimate of drug-likeness (QED) is 0.784. The maximum absolute atomic E-state index is 13.0. The summed E-state index contributed by atoms with van der Waals surface area (Å²) in [6, 6.07) is 3.29. The lowest BCUT2D eigenvalue weighted by Crippen LogP contribution is -2.33. The predicted octanol–water partition coefficient (Wildman–Crippen LogP) is 1.46. The molecule has 0 aliphatic carbocycles. The Hall–Kier alpha value is -2.46. The van der Waals surface area contributed by atoms with Crippen LogP contribution in [-0.4, -0.2) is 38.3 Å². The average Bonchev–Trinajstić information content (AvgIpc) is 3.22. The van der Waals surface area contributed by atoms with Crippen LogP contribution in [0, 0.1) is 0 Å². The second-order valence-corrected chi connectivity index (χ2v) is 9.83. The Balaban J connectivity index is 1.48. The highest BCUT2D eigenvalue weighted by Gasteiger charge is 2.33. The van der Waals surface area contributed by atoms with Crippen molar-refractivity contribution in [2.45, 2.75) is 37.0 Å². The number of anilines is 2. The molecule has 1 aromatic carbocycles. The minimum atomic E-state index is -3.84. The summed E-state index contributed by atoms with van der Waals surface area (Å²) in [7, 11) is -3.84. The molecule has 146 valence electrons. The molecular weight excluding hydrogens is 400 g/mol. The molecule has 28 heavy (non-hydrogen) atoms. The highest BCUT2D eigenvalue weighted by Crippen LogP contribution is 2.39. The molecular formula is C18H18N4O4S2. The summed E-state index contributed by atoms with van der Waals surface area (Å²) in [6.07, 6.45) is 3.02. The Morgan fingerprint density at radius 2 is 1.89 bits per heavy atom. The fourth-order valence-corrected chi connectivity index (χ4v) is 6.30. The Kier molecular flexibility index (Phi) is 3.95. The number of nitrogens with one attached hydrogen (secondary N) is 2. The lowest BCUT2D eigenvalue weighted by atomic mass is 10.00. The molecule has 0 bridgehead atoms. The van der Waals surface area contributed by atoms with Gasteiger partial charge in [0.25, 0.3) is 15.9 Å². The maximum Gasteiger partial charge on any atom is 0.263 e. The van der Waals surface area contributed by atoms with E-state index in [-0.39, 0.29) is 21.8 Å². The number of hydrogen-bond donors (Lipinski definition) is 2. The number of carbonyl (C=O) groups is 2. The topological polar surface area (TPSA) is 108 Å². The summed E-state index contributed by atoms with van der Waals surface area (Å²) in [4.78, 5) is 30.9. The van der Waals surface area contributed by atoms with E-state index in [1.807, 2.05) is 0 Å². The summed E-state index contributed by atoms with van der Waals surface area (Å²) in [5.41, 5.74) is 3.30. The van der Waals surface area contributed by atoms with Gasteiger partial charge in [0.05, 0.1) is 16.3 Å². The molecule has 1 aromatic heterocycles. The van der Waals surface area contributed by atoms with E-state index in [1.165, 1.54) is 0 Å². The van der Waals surface area contributed by atoms with Gasteiger partial charge >= 0.3 is 0 Å². The van der Waals surface area contributed by atoms with Gasteiger partial charge in [-0.1, -0.05) is 11.3 Å². The van der Waals surface area contributed by atoms with Crippen molar-refractivity contribution in [1.29, 1.82) is 0 Å². The molecule has 0 saturated heterocycles. The molecule has 10 heteroatoms. The predicted molar refractivity (Wildman–Crippen MR) is 104 cm³/mol. The van der Waals surface area contributed by atoms with Crippen LogP contribution in [0.15, 0.2) is 17.0 Å². The lowest BCUT2D eigenvalue weighted by molar-refractivity contribution is -0.118. The van der Waals surface area contributed by atoms with Crippen LogP contribution in [-0.2, 0) is 34.1 Å². The zero-order chi connectivity index (χ0) is 19.5. The normalized spacial score (nSPS) is 18.4. The van der Waals surface area contributed by atoms with Gasteiger partial charge in [-0.15, -0.1) is 0 Å². The van der Waals surface area contributed by atoms with Gasteiger partial charge < -0.3 is 10.2 Å². The van der Waals surface area contributed by atoms with E-state index in [1.54, 1.807) is 17.0 Å². The molecule has 0 unspecified atom stereocenters. The molecule has 0 atom stereocenters. The van der Waals surface area contributed by atoms with Crippen LogP contribution in [0.1, 0.15) is 39.3 Å². The van der Waals surface area contributed by atoms with Gasteiger partial charge in [0, 0.05) is 19.5 Å². The van der Waals surface area contributed by atoms with Gasteiger partial charge in [0.1, 0.15) is 4.88 Å². The first-order valence-electron chi connectivity index (χ1n) is 9.19. The molecule has 3 aliphatic rings. The summed E-state index contributed by atoms with van der Waals surface area (Å²) < 4.78 is 28.5. The Morgan fingerprint density at radius 1 is 1.11 bits per heavy atom. The number of rotatable bonds is 3. The molecule has 0 fully saturated rings. The van der Waals surface area contributed by atoms with Crippen LogP contribution in [0.25, 0.3) is 0 Å². The van der Waals surface area contributed by atoms with E-state index in [4.69, 9.17) is 0 Å². The minimum Gasteiger partial charge on any atom is -0.351 e. The molecule has 2 aromatic rings. The monoisotopic (exact) mass is 418 g/mol. The largest absolute Gasteiger partial charge is 0.351 e. The van der Waals surface area contributed by atoms with Crippen molar-refractivity contribution in [3.63, 3.8) is 0 Å². The van der Waals surface area contributed by atoms with Gasteiger partial charge in [0.15, 0.2) is 5.13 Å². The van der Waals surface area contributed by atoms with E-state index in [0.29, 0.717) is 49.3 Å². The van der Waals surface area contributed by atoms with E-state index in [9.17, 15) is 18.0 Å². The first kappa shape index (κ1) is 17.6. The SMILES string of the molecule is O=C1NCCCc2nc(NS(=O)(=O)c3cc4c5c(c3)CCN5C(=O)CC4)sc21. The molecule has 3 aliphatic heterocycles. The van der Waals surface area contributed by atoms with Gasteiger partial charge in [-0.2, -0.15) is 0 Å². The summed E-state index contributed by atoms with van der Waals surface area (Å²) in [5, 5.41) is 2.99. The van der Waals surface area contributed by atoms with Crippen molar-refractivity contribution in [3.05, 3.63) is 33.8 Å². The van der Waals surface area contributed by atoms with E-state index >= 15 is 0 Å². The van der Waals surface area contributed by atoms with Crippen LogP contribution in [0.3, 0.4) is 0 Å². The molecule has 2 N–H and O–H groups in total. The Morgan fingerprint density at radius 3 is 2.71 bits per heavy atom. The van der Waals surface area contributed by atoms with Crippen LogP contribution >= 0.6 is 11.3 Å². The van der Waals surface area contributed by atoms with Crippen molar-refractivity contribution in [2.24, 2.45) is 0 Å². The second-order valence-electron chi connectivity index (χ2n) is 7.15. The third-order valence-corrected chi connectivity index (χ3v) is 7.80. The second kappa shape index (κ2) is 6.28. The minimum absolute atomic E-state index is 0.0996. The number of aromatic nitrogens is 1. The van der Waals surface area contributed by atoms with Gasteiger partial charge in [-0.25, -0.2) is 13.4 Å². The van der Waals surface area contributed by atoms with Crippen molar-refractivity contribution < 1.29 is 18.0 Å². The highest BCUT2D eigenvalue weighted by molar-refractivity contribution is 7.93. The molecule has 0 spiro atoms. The number of fused-ring (bicyclic) bond motifs is 1. The van der Waals surface area contributed by atoms with Gasteiger partial charge in [-0.05, 0) is 48.9 Å². The van der Waals surface area contributed by atoms with Crippen molar-refractivity contribution >= 4 is 44.0 Å². The van der Waals surface area contributed by atoms with Crippen LogP contribution in [0.2, 0.25) is 0 Å². The highest BCUT2D eigenvalue weighted by atomic mass is 32.2. The number of sulfonamides is 1. The smallest absolute Gasteiger partial charge is 0.263 e. The van der Waals surface area contributed by atoms with Crippen molar-refractivity contribution in [2.75, 3.05) is 22.7 Å². The number of thiazole rings is 1. The number of amides is 2.